The van der Waals surface area contributed by atoms with Crippen LogP contribution in [0.4, 0.5) is 11.4 Å². The van der Waals surface area contributed by atoms with Gasteiger partial charge in [0, 0.05) is 33.7 Å². The molecule has 0 radical (unpaired) electrons. The average Bonchev–Trinajstić information content (AvgIpc) is 3.37. The highest BCUT2D eigenvalue weighted by Crippen LogP contribution is 2.35. The van der Waals surface area contributed by atoms with Crippen molar-refractivity contribution < 1.29 is 14.4 Å². The van der Waals surface area contributed by atoms with Crippen LogP contribution in [0.2, 0.25) is 10.0 Å². The molecular formula is C25H17Cl2N3O3S. The van der Waals surface area contributed by atoms with E-state index in [4.69, 9.17) is 23.2 Å². The molecule has 170 valence electrons. The van der Waals surface area contributed by atoms with Crippen molar-refractivity contribution in [1.29, 1.82) is 0 Å². The number of amides is 3. The van der Waals surface area contributed by atoms with E-state index in [0.717, 1.165) is 15.8 Å². The zero-order valence-electron chi connectivity index (χ0n) is 17.5. The number of thioether (sulfide) groups is 1. The zero-order chi connectivity index (χ0) is 23.8. The number of imide groups is 1. The third kappa shape index (κ3) is 4.42. The van der Waals surface area contributed by atoms with Gasteiger partial charge in [-0.2, -0.15) is 0 Å². The van der Waals surface area contributed by atoms with E-state index in [1.165, 1.54) is 22.7 Å². The van der Waals surface area contributed by atoms with Gasteiger partial charge in [0.15, 0.2) is 0 Å². The molecule has 1 saturated heterocycles. The summed E-state index contributed by atoms with van der Waals surface area (Å²) >= 11 is 13.3. The molecule has 1 unspecified atom stereocenters. The van der Waals surface area contributed by atoms with Crippen LogP contribution in [-0.4, -0.2) is 28.0 Å². The summed E-state index contributed by atoms with van der Waals surface area (Å²) in [6, 6.07) is 19.2. The van der Waals surface area contributed by atoms with E-state index in [-0.39, 0.29) is 29.2 Å². The van der Waals surface area contributed by atoms with Gasteiger partial charge in [0.1, 0.15) is 0 Å². The number of nitrogens with zero attached hydrogens (tertiary/aromatic N) is 1. The molecule has 0 saturated carbocycles. The Labute approximate surface area is 209 Å². The van der Waals surface area contributed by atoms with Gasteiger partial charge in [-0.15, -0.1) is 11.8 Å². The first-order valence-corrected chi connectivity index (χ1v) is 12.0. The highest BCUT2D eigenvalue weighted by Gasteiger charge is 2.40. The minimum absolute atomic E-state index is 0.100. The minimum Gasteiger partial charge on any atom is -0.361 e. The lowest BCUT2D eigenvalue weighted by Gasteiger charge is -2.15. The maximum atomic E-state index is 13.1. The number of halogens is 2. The maximum absolute atomic E-state index is 13.1. The average molecular weight is 510 g/mol. The van der Waals surface area contributed by atoms with Crippen LogP contribution in [0.25, 0.3) is 10.9 Å². The van der Waals surface area contributed by atoms with Crippen molar-refractivity contribution in [2.75, 3.05) is 10.2 Å². The van der Waals surface area contributed by atoms with Crippen LogP contribution in [0.5, 0.6) is 0 Å². The maximum Gasteiger partial charge on any atom is 0.257 e. The molecular weight excluding hydrogens is 493 g/mol. The second kappa shape index (κ2) is 9.18. The van der Waals surface area contributed by atoms with Crippen LogP contribution in [-0.2, 0) is 9.59 Å². The van der Waals surface area contributed by atoms with Crippen molar-refractivity contribution in [2.45, 2.75) is 16.6 Å². The predicted octanol–water partition coefficient (Wildman–Crippen LogP) is 6.15. The van der Waals surface area contributed by atoms with E-state index in [2.05, 4.69) is 10.3 Å². The summed E-state index contributed by atoms with van der Waals surface area (Å²) in [5.41, 5.74) is 2.26. The summed E-state index contributed by atoms with van der Waals surface area (Å²) in [5.74, 6) is -0.875. The van der Waals surface area contributed by atoms with Gasteiger partial charge < -0.3 is 10.3 Å². The molecule has 0 bridgehead atoms. The summed E-state index contributed by atoms with van der Waals surface area (Å²) in [6.07, 6.45) is 1.91. The van der Waals surface area contributed by atoms with E-state index < -0.39 is 5.25 Å². The van der Waals surface area contributed by atoms with E-state index in [0.29, 0.717) is 22.0 Å². The molecule has 3 aromatic carbocycles. The number of fused-ring (bicyclic) bond motifs is 1. The number of hydrogen-bond donors (Lipinski definition) is 2. The summed E-state index contributed by atoms with van der Waals surface area (Å²) < 4.78 is 0. The monoisotopic (exact) mass is 509 g/mol. The molecule has 2 heterocycles. The Hall–Kier alpha value is -3.26. The number of carbonyl (C=O) groups is 3. The van der Waals surface area contributed by atoms with Gasteiger partial charge in [0.25, 0.3) is 5.91 Å². The zero-order valence-corrected chi connectivity index (χ0v) is 19.9. The first-order chi connectivity index (χ1) is 16.4. The summed E-state index contributed by atoms with van der Waals surface area (Å²) in [6.45, 7) is 0. The second-order valence-electron chi connectivity index (χ2n) is 7.73. The topological polar surface area (TPSA) is 82.3 Å². The van der Waals surface area contributed by atoms with Crippen molar-refractivity contribution in [1.82, 2.24) is 4.98 Å². The molecule has 0 aliphatic carbocycles. The normalized spacial score (nSPS) is 15.8. The van der Waals surface area contributed by atoms with Crippen LogP contribution in [0.15, 0.2) is 77.8 Å². The van der Waals surface area contributed by atoms with Crippen LogP contribution in [0, 0.1) is 0 Å². The van der Waals surface area contributed by atoms with Gasteiger partial charge in [-0.25, -0.2) is 4.90 Å². The molecule has 9 heteroatoms. The van der Waals surface area contributed by atoms with E-state index in [1.807, 2.05) is 24.4 Å². The highest BCUT2D eigenvalue weighted by atomic mass is 35.5. The first kappa shape index (κ1) is 22.5. The molecule has 0 spiro atoms. The van der Waals surface area contributed by atoms with Gasteiger partial charge in [0.05, 0.1) is 21.5 Å². The molecule has 6 nitrogen and oxygen atoms in total. The molecule has 1 aliphatic heterocycles. The molecule has 5 rings (SSSR count). The van der Waals surface area contributed by atoms with Crippen molar-refractivity contribution in [3.05, 3.63) is 88.5 Å². The summed E-state index contributed by atoms with van der Waals surface area (Å²) in [7, 11) is 0. The Morgan fingerprint density at radius 1 is 1.03 bits per heavy atom. The Balaban J connectivity index is 1.31. The lowest BCUT2D eigenvalue weighted by molar-refractivity contribution is -0.121. The minimum atomic E-state index is -0.552. The Morgan fingerprint density at radius 3 is 2.71 bits per heavy atom. The number of H-pyrrole nitrogens is 1. The second-order valence-corrected chi connectivity index (χ2v) is 9.85. The lowest BCUT2D eigenvalue weighted by Crippen LogP contribution is -2.31. The Bertz CT molecular complexity index is 1450. The summed E-state index contributed by atoms with van der Waals surface area (Å²) in [4.78, 5) is 43.5. The predicted molar refractivity (Wildman–Crippen MR) is 136 cm³/mol. The first-order valence-electron chi connectivity index (χ1n) is 10.4. The van der Waals surface area contributed by atoms with Crippen molar-refractivity contribution in [3.63, 3.8) is 0 Å². The van der Waals surface area contributed by atoms with E-state index in [9.17, 15) is 14.4 Å². The fourth-order valence-electron chi connectivity index (χ4n) is 3.83. The Morgan fingerprint density at radius 2 is 1.88 bits per heavy atom. The number of aromatic nitrogens is 1. The number of hydrogen-bond acceptors (Lipinski definition) is 4. The largest absolute Gasteiger partial charge is 0.361 e. The molecule has 1 aliphatic rings. The third-order valence-electron chi connectivity index (χ3n) is 5.45. The fraction of sp³-hybridized carbons (Fsp3) is 0.0800. The summed E-state index contributed by atoms with van der Waals surface area (Å²) in [5, 5.41) is 3.96. The molecule has 1 fully saturated rings. The van der Waals surface area contributed by atoms with Crippen molar-refractivity contribution in [2.24, 2.45) is 0 Å². The van der Waals surface area contributed by atoms with Gasteiger partial charge in [0.2, 0.25) is 11.8 Å². The van der Waals surface area contributed by atoms with Crippen molar-refractivity contribution in [3.8, 4) is 0 Å². The number of aromatic amines is 1. The standard InChI is InChI=1S/C25H17Cl2N3O3S/c26-15-5-7-19(20(27)10-15)24(32)29-16-2-1-3-18(11-16)34-22-13-23(31)30(25(22)33)17-6-4-14-8-9-28-21(14)12-17/h1-12,22,28H,13H2,(H,29,32). The Kier molecular flexibility index (Phi) is 6.08. The molecule has 1 aromatic heterocycles. The van der Waals surface area contributed by atoms with Crippen LogP contribution >= 0.6 is 35.0 Å². The lowest BCUT2D eigenvalue weighted by atomic mass is 10.2. The number of anilines is 2. The molecule has 2 N–H and O–H groups in total. The van der Waals surface area contributed by atoms with Gasteiger partial charge >= 0.3 is 0 Å². The number of carbonyl (C=O) groups excluding carboxylic acids is 3. The fourth-order valence-corrected chi connectivity index (χ4v) is 5.43. The van der Waals surface area contributed by atoms with Crippen LogP contribution < -0.4 is 10.2 Å². The number of nitrogens with one attached hydrogen (secondary N) is 2. The van der Waals surface area contributed by atoms with Crippen LogP contribution in [0.1, 0.15) is 16.8 Å². The number of benzene rings is 3. The quantitative estimate of drug-likeness (QED) is 0.316. The molecule has 3 amide bonds. The molecule has 1 atom stereocenters. The molecule has 4 aromatic rings. The van der Waals surface area contributed by atoms with Crippen LogP contribution in [0.3, 0.4) is 0 Å². The highest BCUT2D eigenvalue weighted by molar-refractivity contribution is 8.00. The van der Waals surface area contributed by atoms with Gasteiger partial charge in [-0.1, -0.05) is 35.3 Å². The molecule has 34 heavy (non-hydrogen) atoms. The SMILES string of the molecule is O=C(Nc1cccc(SC2CC(=O)N(c3ccc4cc[nH]c4c3)C2=O)c1)c1ccc(Cl)cc1Cl. The van der Waals surface area contributed by atoms with E-state index >= 15 is 0 Å². The van der Waals surface area contributed by atoms with Crippen molar-refractivity contribution >= 4 is 75.0 Å². The third-order valence-corrected chi connectivity index (χ3v) is 7.17. The van der Waals surface area contributed by atoms with Gasteiger partial charge in [-0.05, 0) is 60.0 Å². The number of rotatable bonds is 5. The van der Waals surface area contributed by atoms with Gasteiger partial charge in [-0.3, -0.25) is 14.4 Å². The smallest absolute Gasteiger partial charge is 0.257 e. The van der Waals surface area contributed by atoms with E-state index in [1.54, 1.807) is 42.5 Å².